The molecule has 1 aromatic heterocycles. The molecule has 0 radical (unpaired) electrons. The first-order valence-corrected chi connectivity index (χ1v) is 5.78. The van der Waals surface area contributed by atoms with Gasteiger partial charge in [-0.3, -0.25) is 4.79 Å². The normalized spacial score (nSPS) is 12.9. The van der Waals surface area contributed by atoms with Gasteiger partial charge in [0.1, 0.15) is 11.1 Å². The molecule has 0 saturated carbocycles. The minimum absolute atomic E-state index is 0.258. The minimum atomic E-state index is -0.596. The number of hydrogen-bond donors (Lipinski definition) is 2. The number of anilines is 1. The van der Waals surface area contributed by atoms with Crippen molar-refractivity contribution in [2.75, 3.05) is 5.32 Å². The number of nitriles is 1. The molecule has 0 spiro atoms. The summed E-state index contributed by atoms with van der Waals surface area (Å²) in [6.45, 7) is 5.70. The maximum absolute atomic E-state index is 11.8. The van der Waals surface area contributed by atoms with E-state index in [4.69, 9.17) is 11.0 Å². The summed E-state index contributed by atoms with van der Waals surface area (Å²) in [5.74, 6) is -0.258. The Kier molecular flexibility index (Phi) is 3.68. The lowest BCUT2D eigenvalue weighted by Crippen LogP contribution is -2.45. The molecule has 0 saturated heterocycles. The van der Waals surface area contributed by atoms with Crippen molar-refractivity contribution < 1.29 is 4.79 Å². The molecule has 1 heterocycles. The van der Waals surface area contributed by atoms with Crippen molar-refractivity contribution in [3.8, 4) is 6.07 Å². The van der Waals surface area contributed by atoms with Gasteiger partial charge in [0, 0.05) is 0 Å². The molecule has 0 aliphatic heterocycles. The maximum Gasteiger partial charge on any atom is 0.242 e. The third kappa shape index (κ3) is 2.81. The average Bonchev–Trinajstić information content (AvgIpc) is 2.62. The molecule has 0 bridgehead atoms. The molecule has 0 aromatic carbocycles. The van der Waals surface area contributed by atoms with Crippen LogP contribution in [0.2, 0.25) is 0 Å². The second-order valence-electron chi connectivity index (χ2n) is 4.61. The predicted octanol–water partition coefficient (Wildman–Crippen LogP) is 1.93. The fraction of sp³-hybridized carbons (Fsp3) is 0.455. The first-order chi connectivity index (χ1) is 7.36. The first-order valence-electron chi connectivity index (χ1n) is 4.90. The summed E-state index contributed by atoms with van der Waals surface area (Å²) in [6.07, 6.45) is 0. The van der Waals surface area contributed by atoms with E-state index in [1.165, 1.54) is 11.3 Å². The highest BCUT2D eigenvalue weighted by molar-refractivity contribution is 7.14. The summed E-state index contributed by atoms with van der Waals surface area (Å²) in [4.78, 5) is 11.8. The number of nitrogens with two attached hydrogens (primary N) is 1. The smallest absolute Gasteiger partial charge is 0.242 e. The zero-order valence-corrected chi connectivity index (χ0v) is 10.4. The fourth-order valence-electron chi connectivity index (χ4n) is 1.08. The lowest BCUT2D eigenvalue weighted by Gasteiger charge is -2.25. The largest absolute Gasteiger partial charge is 0.319 e. The molecule has 0 fully saturated rings. The Balaban J connectivity index is 2.77. The van der Waals surface area contributed by atoms with Crippen LogP contribution in [0, 0.1) is 16.7 Å². The van der Waals surface area contributed by atoms with E-state index in [0.717, 1.165) is 0 Å². The highest BCUT2D eigenvalue weighted by Gasteiger charge is 2.28. The fourth-order valence-corrected chi connectivity index (χ4v) is 1.82. The van der Waals surface area contributed by atoms with Crippen LogP contribution in [0.3, 0.4) is 0 Å². The molecule has 1 atom stereocenters. The quantitative estimate of drug-likeness (QED) is 0.825. The monoisotopic (exact) mass is 237 g/mol. The standard InChI is InChI=1S/C11H15N3OS/c1-11(2,3)8(13)9(15)14-10-7(6-12)4-5-16-10/h4-5,8H,13H2,1-3H3,(H,14,15)/t8-/m1/s1. The van der Waals surface area contributed by atoms with E-state index in [0.29, 0.717) is 10.6 Å². The summed E-state index contributed by atoms with van der Waals surface area (Å²) in [6, 6.07) is 3.09. The molecule has 1 rings (SSSR count). The molecule has 0 aliphatic rings. The van der Waals surface area contributed by atoms with Crippen LogP contribution in [0.4, 0.5) is 5.00 Å². The summed E-state index contributed by atoms with van der Waals surface area (Å²) in [7, 11) is 0. The molecule has 4 nitrogen and oxygen atoms in total. The van der Waals surface area contributed by atoms with E-state index in [1.807, 2.05) is 26.8 Å². The summed E-state index contributed by atoms with van der Waals surface area (Å²) < 4.78 is 0. The molecule has 0 unspecified atom stereocenters. The van der Waals surface area contributed by atoms with Crippen LogP contribution in [0.25, 0.3) is 0 Å². The second-order valence-corrected chi connectivity index (χ2v) is 5.52. The topological polar surface area (TPSA) is 78.9 Å². The molecule has 3 N–H and O–H groups in total. The Morgan fingerprint density at radius 3 is 2.75 bits per heavy atom. The molecule has 1 aromatic rings. The van der Waals surface area contributed by atoms with E-state index in [1.54, 1.807) is 11.4 Å². The van der Waals surface area contributed by atoms with Gasteiger partial charge < -0.3 is 11.1 Å². The Morgan fingerprint density at radius 2 is 2.25 bits per heavy atom. The van der Waals surface area contributed by atoms with Gasteiger partial charge in [0.05, 0.1) is 11.6 Å². The first kappa shape index (κ1) is 12.7. The van der Waals surface area contributed by atoms with Crippen LogP contribution in [0.1, 0.15) is 26.3 Å². The maximum atomic E-state index is 11.8. The van der Waals surface area contributed by atoms with E-state index in [9.17, 15) is 4.79 Å². The highest BCUT2D eigenvalue weighted by Crippen LogP contribution is 2.24. The number of nitrogens with zero attached hydrogens (tertiary/aromatic N) is 1. The van der Waals surface area contributed by atoms with Gasteiger partial charge in [-0.05, 0) is 16.9 Å². The van der Waals surface area contributed by atoms with Crippen molar-refractivity contribution in [1.29, 1.82) is 5.26 Å². The summed E-state index contributed by atoms with van der Waals surface area (Å²) in [5.41, 5.74) is 5.99. The van der Waals surface area contributed by atoms with Gasteiger partial charge in [-0.1, -0.05) is 20.8 Å². The van der Waals surface area contributed by atoms with Crippen molar-refractivity contribution in [3.63, 3.8) is 0 Å². The lowest BCUT2D eigenvalue weighted by atomic mass is 9.87. The molecule has 86 valence electrons. The third-order valence-electron chi connectivity index (χ3n) is 2.24. The molecule has 1 amide bonds. The average molecular weight is 237 g/mol. The number of carbonyl (C=O) groups excluding carboxylic acids is 1. The van der Waals surface area contributed by atoms with Crippen molar-refractivity contribution in [2.45, 2.75) is 26.8 Å². The lowest BCUT2D eigenvalue weighted by molar-refractivity contribution is -0.119. The number of rotatable bonds is 2. The molecular formula is C11H15N3OS. The Hall–Kier alpha value is -1.38. The Morgan fingerprint density at radius 1 is 1.62 bits per heavy atom. The molecular weight excluding hydrogens is 222 g/mol. The highest BCUT2D eigenvalue weighted by atomic mass is 32.1. The van der Waals surface area contributed by atoms with Gasteiger partial charge in [-0.2, -0.15) is 5.26 Å². The van der Waals surface area contributed by atoms with Gasteiger partial charge in [-0.15, -0.1) is 11.3 Å². The van der Waals surface area contributed by atoms with Gasteiger partial charge in [0.2, 0.25) is 5.91 Å². The zero-order valence-electron chi connectivity index (χ0n) is 9.57. The Bertz CT molecular complexity index is 425. The minimum Gasteiger partial charge on any atom is -0.319 e. The van der Waals surface area contributed by atoms with E-state index in [-0.39, 0.29) is 11.3 Å². The van der Waals surface area contributed by atoms with Crippen LogP contribution in [-0.2, 0) is 4.79 Å². The molecule has 0 aliphatic carbocycles. The van der Waals surface area contributed by atoms with E-state index < -0.39 is 6.04 Å². The van der Waals surface area contributed by atoms with Crippen molar-refractivity contribution in [3.05, 3.63) is 17.0 Å². The second kappa shape index (κ2) is 4.64. The van der Waals surface area contributed by atoms with Gasteiger partial charge >= 0.3 is 0 Å². The van der Waals surface area contributed by atoms with Crippen molar-refractivity contribution in [1.82, 2.24) is 0 Å². The van der Waals surface area contributed by atoms with Gasteiger partial charge in [0.15, 0.2) is 0 Å². The zero-order chi connectivity index (χ0) is 12.3. The van der Waals surface area contributed by atoms with Crippen LogP contribution in [0.15, 0.2) is 11.4 Å². The predicted molar refractivity (Wildman–Crippen MR) is 65.1 cm³/mol. The molecule has 16 heavy (non-hydrogen) atoms. The third-order valence-corrected chi connectivity index (χ3v) is 3.07. The number of carbonyl (C=O) groups is 1. The molecule has 5 heteroatoms. The van der Waals surface area contributed by atoms with Crippen LogP contribution >= 0.6 is 11.3 Å². The van der Waals surface area contributed by atoms with E-state index >= 15 is 0 Å². The van der Waals surface area contributed by atoms with Crippen molar-refractivity contribution >= 4 is 22.2 Å². The van der Waals surface area contributed by atoms with Crippen LogP contribution in [-0.4, -0.2) is 11.9 Å². The van der Waals surface area contributed by atoms with E-state index in [2.05, 4.69) is 5.32 Å². The number of amides is 1. The number of hydrogen-bond acceptors (Lipinski definition) is 4. The number of thiophene rings is 1. The SMILES string of the molecule is CC(C)(C)[C@H](N)C(=O)Nc1sccc1C#N. The number of nitrogens with one attached hydrogen (secondary N) is 1. The van der Waals surface area contributed by atoms with Crippen LogP contribution < -0.4 is 11.1 Å². The van der Waals surface area contributed by atoms with Crippen LogP contribution in [0.5, 0.6) is 0 Å². The summed E-state index contributed by atoms with van der Waals surface area (Å²) in [5, 5.41) is 13.8. The van der Waals surface area contributed by atoms with Gasteiger partial charge in [0.25, 0.3) is 0 Å². The summed E-state index contributed by atoms with van der Waals surface area (Å²) >= 11 is 1.32. The Labute approximate surface area is 99.1 Å². The van der Waals surface area contributed by atoms with Crippen molar-refractivity contribution in [2.24, 2.45) is 11.1 Å². The van der Waals surface area contributed by atoms with Gasteiger partial charge in [-0.25, -0.2) is 0 Å².